The Morgan fingerprint density at radius 3 is 2.89 bits per heavy atom. The lowest BCUT2D eigenvalue weighted by Gasteiger charge is -2.40. The minimum atomic E-state index is -0.248. The smallest absolute Gasteiger partial charge is 0.410 e. The minimum absolute atomic E-state index is 0.0900. The van der Waals surface area contributed by atoms with Crippen molar-refractivity contribution < 1.29 is 14.6 Å². The quantitative estimate of drug-likeness (QED) is 0.650. The highest BCUT2D eigenvalue weighted by Gasteiger charge is 2.36. The lowest BCUT2D eigenvalue weighted by atomic mass is 9.86. The molecule has 2 atom stereocenters. The third kappa shape index (κ3) is 3.69. The summed E-state index contributed by atoms with van der Waals surface area (Å²) in [4.78, 5) is 21.1. The normalized spacial score (nSPS) is 19.7. The topological polar surface area (TPSA) is 62.7 Å². The summed E-state index contributed by atoms with van der Waals surface area (Å²) in [5.41, 5.74) is 0.989. The van der Waals surface area contributed by atoms with Gasteiger partial charge in [0.15, 0.2) is 0 Å². The molecule has 1 aromatic carbocycles. The molecule has 0 saturated carbocycles. The fraction of sp³-hybridized carbons (Fsp3) is 0.364. The third-order valence-corrected chi connectivity index (χ3v) is 6.61. The molecule has 3 heterocycles. The molecule has 1 fully saturated rings. The van der Waals surface area contributed by atoms with Crippen molar-refractivity contribution in [2.75, 3.05) is 6.54 Å². The average Bonchev–Trinajstić information content (AvgIpc) is 3.18. The maximum atomic E-state index is 12.8. The van der Waals surface area contributed by atoms with E-state index in [0.29, 0.717) is 0 Å². The number of fused-ring (bicyclic) bond motifs is 1. The summed E-state index contributed by atoms with van der Waals surface area (Å²) in [7, 11) is 0. The molecule has 1 aliphatic heterocycles. The van der Waals surface area contributed by atoms with E-state index in [4.69, 9.17) is 4.74 Å². The number of likely N-dealkylation sites (tertiary alicyclic amines) is 1. The van der Waals surface area contributed by atoms with Crippen molar-refractivity contribution in [2.45, 2.75) is 44.8 Å². The number of piperidine rings is 1. The number of aromatic nitrogens is 1. The monoisotopic (exact) mass is 396 g/mol. The van der Waals surface area contributed by atoms with Crippen LogP contribution in [-0.2, 0) is 11.3 Å². The van der Waals surface area contributed by atoms with Crippen LogP contribution in [0.2, 0.25) is 0 Å². The summed E-state index contributed by atoms with van der Waals surface area (Å²) in [6, 6.07) is 13.5. The maximum Gasteiger partial charge on any atom is 0.410 e. The number of hydrogen-bond donors (Lipinski definition) is 1. The molecule has 5 nitrogen and oxygen atoms in total. The fourth-order valence-corrected chi connectivity index (χ4v) is 5.26. The van der Waals surface area contributed by atoms with Gasteiger partial charge < -0.3 is 14.7 Å². The van der Waals surface area contributed by atoms with Crippen molar-refractivity contribution in [2.24, 2.45) is 0 Å². The van der Waals surface area contributed by atoms with Gasteiger partial charge in [0.1, 0.15) is 17.2 Å². The summed E-state index contributed by atoms with van der Waals surface area (Å²) < 4.78 is 5.60. The van der Waals surface area contributed by atoms with E-state index in [1.807, 2.05) is 41.3 Å². The van der Waals surface area contributed by atoms with Crippen molar-refractivity contribution in [3.63, 3.8) is 0 Å². The number of hydrogen-bond acceptors (Lipinski definition) is 5. The Hall–Kier alpha value is -2.60. The highest BCUT2D eigenvalue weighted by molar-refractivity contribution is 7.18. The number of rotatable bonds is 4. The molecule has 1 N–H and O–H groups in total. The maximum absolute atomic E-state index is 12.8. The first-order chi connectivity index (χ1) is 13.7. The summed E-state index contributed by atoms with van der Waals surface area (Å²) >= 11 is 1.61. The zero-order valence-electron chi connectivity index (χ0n) is 15.9. The number of nitrogens with zero attached hydrogens (tertiary/aromatic N) is 2. The Balaban J connectivity index is 1.52. The molecule has 2 aromatic heterocycles. The number of amides is 1. The van der Waals surface area contributed by atoms with Crippen LogP contribution in [0.1, 0.15) is 42.5 Å². The van der Waals surface area contributed by atoms with E-state index in [1.54, 1.807) is 23.6 Å². The van der Waals surface area contributed by atoms with Crippen LogP contribution in [0.25, 0.3) is 10.2 Å². The summed E-state index contributed by atoms with van der Waals surface area (Å²) in [6.07, 6.45) is 4.20. The molecule has 6 heteroatoms. The number of ether oxygens (including phenoxy) is 1. The van der Waals surface area contributed by atoms with Crippen molar-refractivity contribution in [1.29, 1.82) is 0 Å². The van der Waals surface area contributed by atoms with E-state index >= 15 is 0 Å². The van der Waals surface area contributed by atoms with Gasteiger partial charge in [0, 0.05) is 29.6 Å². The zero-order valence-corrected chi connectivity index (χ0v) is 16.7. The van der Waals surface area contributed by atoms with E-state index in [0.717, 1.165) is 41.6 Å². The summed E-state index contributed by atoms with van der Waals surface area (Å²) in [5.74, 6) is 0.497. The molecule has 0 aliphatic carbocycles. The van der Waals surface area contributed by atoms with Crippen LogP contribution in [0.4, 0.5) is 4.79 Å². The number of carbonyl (C=O) groups is 1. The van der Waals surface area contributed by atoms with Crippen LogP contribution in [0, 0.1) is 0 Å². The predicted molar refractivity (Wildman–Crippen MR) is 111 cm³/mol. The highest BCUT2D eigenvalue weighted by atomic mass is 32.1. The molecular formula is C22H24N2O3S. The average molecular weight is 397 g/mol. The largest absolute Gasteiger partial charge is 0.507 e. The van der Waals surface area contributed by atoms with Crippen molar-refractivity contribution in [1.82, 2.24) is 9.88 Å². The first kappa shape index (κ1) is 18.7. The number of benzene rings is 1. The van der Waals surface area contributed by atoms with Crippen LogP contribution in [-0.4, -0.2) is 33.7 Å². The number of carbonyl (C=O) groups excluding carboxylic acids is 1. The van der Waals surface area contributed by atoms with E-state index in [1.165, 1.54) is 4.88 Å². The Kier molecular flexibility index (Phi) is 5.48. The predicted octanol–water partition coefficient (Wildman–Crippen LogP) is 5.30. The molecule has 3 aromatic rings. The second kappa shape index (κ2) is 8.19. The van der Waals surface area contributed by atoms with Gasteiger partial charge in [0.05, 0.1) is 5.39 Å². The van der Waals surface area contributed by atoms with Gasteiger partial charge in [-0.1, -0.05) is 37.3 Å². The lowest BCUT2D eigenvalue weighted by molar-refractivity contribution is 0.0606. The van der Waals surface area contributed by atoms with Gasteiger partial charge in [0.25, 0.3) is 0 Å². The Morgan fingerprint density at radius 2 is 2.14 bits per heavy atom. The van der Waals surface area contributed by atoms with E-state index < -0.39 is 0 Å². The number of thiophene rings is 1. The highest BCUT2D eigenvalue weighted by Crippen LogP contribution is 2.41. The molecule has 0 spiro atoms. The van der Waals surface area contributed by atoms with Gasteiger partial charge >= 0.3 is 6.09 Å². The SMILES string of the molecule is CCC1C(c2cc3c(O)ccnc3s2)CCCN1C(=O)OCc1ccccc1. The fourth-order valence-electron chi connectivity index (χ4n) is 4.05. The summed E-state index contributed by atoms with van der Waals surface area (Å²) in [5, 5.41) is 10.9. The van der Waals surface area contributed by atoms with E-state index in [9.17, 15) is 9.90 Å². The lowest BCUT2D eigenvalue weighted by Crippen LogP contribution is -2.47. The molecule has 1 saturated heterocycles. The van der Waals surface area contributed by atoms with E-state index in [2.05, 4.69) is 11.9 Å². The van der Waals surface area contributed by atoms with E-state index in [-0.39, 0.29) is 30.4 Å². The summed E-state index contributed by atoms with van der Waals surface area (Å²) in [6.45, 7) is 3.12. The molecule has 146 valence electrons. The van der Waals surface area contributed by atoms with Crippen LogP contribution < -0.4 is 0 Å². The Morgan fingerprint density at radius 1 is 1.32 bits per heavy atom. The Labute approximate surface area is 168 Å². The van der Waals surface area contributed by atoms with Gasteiger partial charge in [-0.15, -0.1) is 11.3 Å². The molecular weight excluding hydrogens is 372 g/mol. The van der Waals surface area contributed by atoms with Crippen molar-refractivity contribution >= 4 is 27.6 Å². The van der Waals surface area contributed by atoms with Crippen molar-refractivity contribution in [3.8, 4) is 5.75 Å². The van der Waals surface area contributed by atoms with Gasteiger partial charge in [-0.25, -0.2) is 9.78 Å². The molecule has 0 bridgehead atoms. The molecule has 1 aliphatic rings. The standard InChI is InChI=1S/C22H24N2O3S/c1-2-18-16(20-13-17-19(25)10-11-23-21(17)28-20)9-6-12-24(18)22(26)27-14-15-7-4-3-5-8-15/h3-5,7-8,10-11,13,16,18H,2,6,9,12,14H2,1H3,(H,23,25). The van der Waals surface area contributed by atoms with Crippen molar-refractivity contribution in [3.05, 3.63) is 59.1 Å². The molecule has 4 rings (SSSR count). The first-order valence-corrected chi connectivity index (χ1v) is 10.5. The van der Waals surface area contributed by atoms with Gasteiger partial charge in [0.2, 0.25) is 0 Å². The molecule has 2 unspecified atom stereocenters. The van der Waals surface area contributed by atoms with Crippen LogP contribution >= 0.6 is 11.3 Å². The number of aromatic hydroxyl groups is 1. The molecule has 1 amide bonds. The minimum Gasteiger partial charge on any atom is -0.507 e. The second-order valence-corrected chi connectivity index (χ2v) is 8.22. The van der Waals surface area contributed by atoms with Gasteiger partial charge in [-0.3, -0.25) is 0 Å². The van der Waals surface area contributed by atoms with Gasteiger partial charge in [-0.05, 0) is 37.0 Å². The third-order valence-electron chi connectivity index (χ3n) is 5.43. The second-order valence-electron chi connectivity index (χ2n) is 7.16. The molecule has 28 heavy (non-hydrogen) atoms. The van der Waals surface area contributed by atoms with Gasteiger partial charge in [-0.2, -0.15) is 0 Å². The van der Waals surface area contributed by atoms with Crippen LogP contribution in [0.5, 0.6) is 5.75 Å². The first-order valence-electron chi connectivity index (χ1n) is 9.72. The van der Waals surface area contributed by atoms with Crippen LogP contribution in [0.3, 0.4) is 0 Å². The number of pyridine rings is 1. The van der Waals surface area contributed by atoms with Crippen LogP contribution in [0.15, 0.2) is 48.7 Å². The molecule has 0 radical (unpaired) electrons. The zero-order chi connectivity index (χ0) is 19.5. The Bertz CT molecular complexity index is 957.